The van der Waals surface area contributed by atoms with Crippen LogP contribution in [0.3, 0.4) is 0 Å². The molecule has 0 unspecified atom stereocenters. The van der Waals surface area contributed by atoms with E-state index in [4.69, 9.17) is 4.74 Å². The highest BCUT2D eigenvalue weighted by atomic mass is 16.6. The highest BCUT2D eigenvalue weighted by Gasteiger charge is 2.29. The molecule has 1 amide bonds. The van der Waals surface area contributed by atoms with Crippen LogP contribution >= 0.6 is 0 Å². The summed E-state index contributed by atoms with van der Waals surface area (Å²) in [6.45, 7) is 5.41. The van der Waals surface area contributed by atoms with Gasteiger partial charge in [0.1, 0.15) is 0 Å². The molecule has 5 nitrogen and oxygen atoms in total. The van der Waals surface area contributed by atoms with Crippen LogP contribution in [0, 0.1) is 0 Å². The van der Waals surface area contributed by atoms with E-state index in [1.165, 1.54) is 12.0 Å². The molecule has 1 aromatic heterocycles. The van der Waals surface area contributed by atoms with Crippen LogP contribution in [0.1, 0.15) is 31.7 Å². The summed E-state index contributed by atoms with van der Waals surface area (Å²) in [5.41, 5.74) is 1.41. The number of hydrogen-bond donors (Lipinski definition) is 0. The molecule has 1 aliphatic heterocycles. The first kappa shape index (κ1) is 18.5. The first-order valence-electron chi connectivity index (χ1n) is 9.63. The molecule has 0 atom stereocenters. The smallest absolute Gasteiger partial charge is 0.429 e. The molecule has 1 saturated heterocycles. The van der Waals surface area contributed by atoms with Crippen LogP contribution in [0.2, 0.25) is 0 Å². The van der Waals surface area contributed by atoms with Gasteiger partial charge in [0.25, 0.3) is 0 Å². The lowest BCUT2D eigenvalue weighted by Crippen LogP contribution is -2.52. The van der Waals surface area contributed by atoms with E-state index in [0.29, 0.717) is 6.61 Å². The molecule has 1 fully saturated rings. The Kier molecular flexibility index (Phi) is 6.72. The number of aryl methyl sites for hydroxylation is 1. The van der Waals surface area contributed by atoms with Crippen molar-refractivity contribution < 1.29 is 9.53 Å². The largest absolute Gasteiger partial charge is 0.448 e. The molecule has 1 aromatic carbocycles. The second kappa shape index (κ2) is 9.43. The minimum Gasteiger partial charge on any atom is -0.448 e. The fraction of sp³-hybridized carbons (Fsp3) is 0.476. The number of benzene rings is 1. The van der Waals surface area contributed by atoms with Gasteiger partial charge >= 0.3 is 6.09 Å². The van der Waals surface area contributed by atoms with E-state index in [1.54, 1.807) is 5.01 Å². The maximum absolute atomic E-state index is 12.4. The van der Waals surface area contributed by atoms with Crippen LogP contribution in [-0.2, 0) is 11.2 Å². The van der Waals surface area contributed by atoms with Crippen molar-refractivity contribution in [3.63, 3.8) is 0 Å². The van der Waals surface area contributed by atoms with Gasteiger partial charge < -0.3 is 9.64 Å². The van der Waals surface area contributed by atoms with Gasteiger partial charge in [-0.15, -0.1) is 0 Å². The number of hydrogen-bond acceptors (Lipinski definition) is 3. The van der Waals surface area contributed by atoms with Gasteiger partial charge in [0.2, 0.25) is 0 Å². The van der Waals surface area contributed by atoms with Gasteiger partial charge in [0.15, 0.2) is 0 Å². The third-order valence-corrected chi connectivity index (χ3v) is 4.98. The van der Waals surface area contributed by atoms with Crippen molar-refractivity contribution >= 4 is 6.09 Å². The van der Waals surface area contributed by atoms with Gasteiger partial charge in [0, 0.05) is 25.5 Å². The molecule has 0 N–H and O–H groups in total. The van der Waals surface area contributed by atoms with Gasteiger partial charge in [-0.05, 0) is 56.8 Å². The van der Waals surface area contributed by atoms with Crippen molar-refractivity contribution in [1.29, 1.82) is 0 Å². The quantitative estimate of drug-likeness (QED) is 0.760. The highest BCUT2D eigenvalue weighted by molar-refractivity contribution is 5.79. The van der Waals surface area contributed by atoms with Crippen LogP contribution in [0.25, 0.3) is 0 Å². The summed E-state index contributed by atoms with van der Waals surface area (Å²) in [6, 6.07) is 14.7. The van der Waals surface area contributed by atoms with E-state index in [9.17, 15) is 4.79 Å². The molecule has 5 heteroatoms. The van der Waals surface area contributed by atoms with Crippen LogP contribution < -0.4 is 5.01 Å². The predicted molar refractivity (Wildman–Crippen MR) is 104 cm³/mol. The summed E-state index contributed by atoms with van der Waals surface area (Å²) in [5.74, 6) is 0. The second-order valence-electron chi connectivity index (χ2n) is 6.77. The number of likely N-dealkylation sites (tertiary alicyclic amines) is 1. The molecule has 140 valence electrons. The van der Waals surface area contributed by atoms with E-state index in [0.717, 1.165) is 38.9 Å². The van der Waals surface area contributed by atoms with Crippen molar-refractivity contribution in [3.05, 3.63) is 60.4 Å². The number of carbonyl (C=O) groups is 1. The molecular formula is C21H29N3O2. The molecule has 2 heterocycles. The first-order valence-corrected chi connectivity index (χ1v) is 9.63. The van der Waals surface area contributed by atoms with Crippen LogP contribution in [0.15, 0.2) is 54.9 Å². The van der Waals surface area contributed by atoms with Gasteiger partial charge in [-0.1, -0.05) is 30.3 Å². The summed E-state index contributed by atoms with van der Waals surface area (Å²) in [5, 5.41) is 1.77. The third-order valence-electron chi connectivity index (χ3n) is 4.98. The van der Waals surface area contributed by atoms with Gasteiger partial charge in [-0.2, -0.15) is 0 Å². The Labute approximate surface area is 156 Å². The zero-order chi connectivity index (χ0) is 18.2. The molecule has 0 bridgehead atoms. The Morgan fingerprint density at radius 1 is 1.12 bits per heavy atom. The maximum atomic E-state index is 12.4. The minimum atomic E-state index is -0.258. The number of aromatic nitrogens is 1. The van der Waals surface area contributed by atoms with E-state index in [-0.39, 0.29) is 12.1 Å². The van der Waals surface area contributed by atoms with E-state index in [2.05, 4.69) is 35.2 Å². The monoisotopic (exact) mass is 355 g/mol. The van der Waals surface area contributed by atoms with E-state index in [1.807, 2.05) is 36.1 Å². The minimum absolute atomic E-state index is 0.187. The molecule has 0 aliphatic carbocycles. The van der Waals surface area contributed by atoms with Gasteiger partial charge in [0.05, 0.1) is 12.6 Å². The average Bonchev–Trinajstić information content (AvgIpc) is 3.18. The SMILES string of the molecule is CCOC(=O)N(C1CCN(CCCc2ccccc2)CC1)n1cccc1. The number of piperidine rings is 1. The Morgan fingerprint density at radius 2 is 1.81 bits per heavy atom. The predicted octanol–water partition coefficient (Wildman–Crippen LogP) is 3.68. The standard InChI is InChI=1S/C21H29N3O2/c1-2-26-21(25)24(23-15-6-7-16-23)20-12-17-22(18-13-20)14-8-11-19-9-4-3-5-10-19/h3-7,9-10,15-16,20H,2,8,11-14,17-18H2,1H3. The van der Waals surface area contributed by atoms with Crippen LogP contribution in [0.5, 0.6) is 0 Å². The van der Waals surface area contributed by atoms with Crippen molar-refractivity contribution in [1.82, 2.24) is 9.58 Å². The number of nitrogens with zero attached hydrogens (tertiary/aromatic N) is 3. The normalized spacial score (nSPS) is 15.7. The molecule has 0 radical (unpaired) electrons. The van der Waals surface area contributed by atoms with Gasteiger partial charge in [-0.25, -0.2) is 9.80 Å². The zero-order valence-corrected chi connectivity index (χ0v) is 15.6. The second-order valence-corrected chi connectivity index (χ2v) is 6.77. The van der Waals surface area contributed by atoms with Crippen molar-refractivity contribution in [2.75, 3.05) is 31.3 Å². The van der Waals surface area contributed by atoms with Crippen LogP contribution in [-0.4, -0.2) is 48.0 Å². The Morgan fingerprint density at radius 3 is 2.46 bits per heavy atom. The molecule has 0 saturated carbocycles. The highest BCUT2D eigenvalue weighted by Crippen LogP contribution is 2.18. The zero-order valence-electron chi connectivity index (χ0n) is 15.6. The van der Waals surface area contributed by atoms with Crippen molar-refractivity contribution in [2.24, 2.45) is 0 Å². The summed E-state index contributed by atoms with van der Waals surface area (Å²) >= 11 is 0. The summed E-state index contributed by atoms with van der Waals surface area (Å²) < 4.78 is 7.13. The number of carbonyl (C=O) groups excluding carboxylic acids is 1. The summed E-state index contributed by atoms with van der Waals surface area (Å²) in [7, 11) is 0. The Balaban J connectivity index is 1.49. The van der Waals surface area contributed by atoms with Crippen molar-refractivity contribution in [3.8, 4) is 0 Å². The Hall–Kier alpha value is -2.27. The summed E-state index contributed by atoms with van der Waals surface area (Å²) in [6.07, 6.45) is 7.80. The van der Waals surface area contributed by atoms with Gasteiger partial charge in [-0.3, -0.25) is 4.68 Å². The van der Waals surface area contributed by atoms with E-state index < -0.39 is 0 Å². The first-order chi connectivity index (χ1) is 12.8. The number of ether oxygens (including phenoxy) is 1. The maximum Gasteiger partial charge on any atom is 0.429 e. The van der Waals surface area contributed by atoms with Crippen LogP contribution in [0.4, 0.5) is 4.79 Å². The average molecular weight is 355 g/mol. The lowest BCUT2D eigenvalue weighted by Gasteiger charge is -2.38. The lowest BCUT2D eigenvalue weighted by atomic mass is 10.0. The molecule has 3 rings (SSSR count). The molecular weight excluding hydrogens is 326 g/mol. The lowest BCUT2D eigenvalue weighted by molar-refractivity contribution is 0.138. The molecule has 0 spiro atoms. The number of rotatable bonds is 7. The van der Waals surface area contributed by atoms with Crippen molar-refractivity contribution in [2.45, 2.75) is 38.6 Å². The molecule has 2 aromatic rings. The molecule has 26 heavy (non-hydrogen) atoms. The Bertz CT molecular complexity index is 649. The number of amides is 1. The van der Waals surface area contributed by atoms with E-state index >= 15 is 0 Å². The third kappa shape index (κ3) is 4.88. The summed E-state index contributed by atoms with van der Waals surface area (Å²) in [4.78, 5) is 14.9. The topological polar surface area (TPSA) is 37.7 Å². The molecule has 1 aliphatic rings. The fourth-order valence-corrected chi connectivity index (χ4v) is 3.63. The fourth-order valence-electron chi connectivity index (χ4n) is 3.63.